The summed E-state index contributed by atoms with van der Waals surface area (Å²) in [6.45, 7) is 7.39. The van der Waals surface area contributed by atoms with Crippen LogP contribution in [0.15, 0.2) is 24.3 Å². The van der Waals surface area contributed by atoms with Gasteiger partial charge < -0.3 is 10.1 Å². The molecule has 1 rings (SSSR count). The third kappa shape index (κ3) is 4.29. The number of carbonyl (C=O) groups is 1. The normalized spacial score (nSPS) is 13.5. The van der Waals surface area contributed by atoms with E-state index in [4.69, 9.17) is 10.00 Å². The summed E-state index contributed by atoms with van der Waals surface area (Å²) in [6.07, 6.45) is 0. The summed E-state index contributed by atoms with van der Waals surface area (Å²) in [5.74, 6) is 0.378. The fourth-order valence-corrected chi connectivity index (χ4v) is 1.41. The van der Waals surface area contributed by atoms with Gasteiger partial charge >= 0.3 is 0 Å². The van der Waals surface area contributed by atoms with Gasteiger partial charge in [0.25, 0.3) is 5.91 Å². The van der Waals surface area contributed by atoms with Crippen molar-refractivity contribution in [2.24, 2.45) is 5.92 Å². The Morgan fingerprint density at radius 2 is 2.00 bits per heavy atom. The summed E-state index contributed by atoms with van der Waals surface area (Å²) in [6, 6.07) is 9.59. The van der Waals surface area contributed by atoms with E-state index in [1.165, 1.54) is 0 Å². The molecule has 4 heteroatoms. The van der Waals surface area contributed by atoms with Gasteiger partial charge in [0.15, 0.2) is 6.61 Å². The summed E-state index contributed by atoms with van der Waals surface area (Å²) in [5, 5.41) is 11.8. The summed E-state index contributed by atoms with van der Waals surface area (Å²) in [5.41, 5.74) is 0.266. The first-order chi connectivity index (χ1) is 8.87. The molecular weight excluding hydrogens is 240 g/mol. The van der Waals surface area contributed by atoms with E-state index < -0.39 is 5.54 Å². The number of nitrogens with one attached hydrogen (secondary N) is 1. The van der Waals surface area contributed by atoms with Gasteiger partial charge in [0, 0.05) is 0 Å². The first kappa shape index (κ1) is 15.0. The van der Waals surface area contributed by atoms with Crippen molar-refractivity contribution in [2.75, 3.05) is 6.61 Å². The van der Waals surface area contributed by atoms with Crippen molar-refractivity contribution in [3.05, 3.63) is 29.8 Å². The molecule has 1 amide bonds. The number of hydrogen-bond donors (Lipinski definition) is 1. The summed E-state index contributed by atoms with van der Waals surface area (Å²) < 4.78 is 5.37. The molecule has 1 atom stereocenters. The summed E-state index contributed by atoms with van der Waals surface area (Å²) in [4.78, 5) is 11.8. The van der Waals surface area contributed by atoms with Gasteiger partial charge in [0.2, 0.25) is 0 Å². The minimum absolute atomic E-state index is 0.0285. The second kappa shape index (κ2) is 6.24. The van der Waals surface area contributed by atoms with Gasteiger partial charge in [-0.25, -0.2) is 0 Å². The molecule has 0 saturated carbocycles. The number of nitriles is 1. The minimum atomic E-state index is -0.867. The molecule has 0 aliphatic carbocycles. The molecule has 0 aromatic heterocycles. The average Bonchev–Trinajstić information content (AvgIpc) is 2.37. The molecule has 0 bridgehead atoms. The second-order valence-corrected chi connectivity index (χ2v) is 5.12. The Morgan fingerprint density at radius 3 is 2.47 bits per heavy atom. The molecule has 4 nitrogen and oxygen atoms in total. The van der Waals surface area contributed by atoms with E-state index in [0.29, 0.717) is 5.75 Å². The highest BCUT2D eigenvalue weighted by Gasteiger charge is 2.29. The van der Waals surface area contributed by atoms with Crippen molar-refractivity contribution in [3.8, 4) is 11.8 Å². The first-order valence-electron chi connectivity index (χ1n) is 6.29. The number of hydrogen-bond acceptors (Lipinski definition) is 3. The molecule has 0 spiro atoms. The number of nitrogens with zero attached hydrogens (tertiary/aromatic N) is 1. The topological polar surface area (TPSA) is 62.1 Å². The Balaban J connectivity index is 2.53. The van der Waals surface area contributed by atoms with Crippen LogP contribution >= 0.6 is 0 Å². The van der Waals surface area contributed by atoms with Crippen molar-refractivity contribution in [2.45, 2.75) is 33.2 Å². The second-order valence-electron chi connectivity index (χ2n) is 5.12. The summed E-state index contributed by atoms with van der Waals surface area (Å²) >= 11 is 0. The third-order valence-corrected chi connectivity index (χ3v) is 3.18. The number of ether oxygens (including phenoxy) is 1. The maximum atomic E-state index is 11.8. The Morgan fingerprint density at radius 1 is 1.42 bits per heavy atom. The zero-order valence-electron chi connectivity index (χ0n) is 11.9. The maximum Gasteiger partial charge on any atom is 0.259 e. The zero-order chi connectivity index (χ0) is 14.5. The number of amides is 1. The van der Waals surface area contributed by atoms with E-state index in [-0.39, 0.29) is 18.4 Å². The quantitative estimate of drug-likeness (QED) is 0.884. The molecule has 0 fully saturated rings. The van der Waals surface area contributed by atoms with Gasteiger partial charge in [-0.3, -0.25) is 4.79 Å². The van der Waals surface area contributed by atoms with Gasteiger partial charge in [0.05, 0.1) is 6.07 Å². The molecule has 0 aliphatic heterocycles. The Labute approximate surface area is 114 Å². The number of aryl methyl sites for hydroxylation is 1. The van der Waals surface area contributed by atoms with Gasteiger partial charge in [-0.1, -0.05) is 31.5 Å². The fourth-order valence-electron chi connectivity index (χ4n) is 1.41. The third-order valence-electron chi connectivity index (χ3n) is 3.18. The average molecular weight is 260 g/mol. The van der Waals surface area contributed by atoms with Crippen LogP contribution in [0.1, 0.15) is 26.3 Å². The summed E-state index contributed by atoms with van der Waals surface area (Å²) in [7, 11) is 0. The van der Waals surface area contributed by atoms with Crippen LogP contribution in [-0.2, 0) is 4.79 Å². The van der Waals surface area contributed by atoms with Crippen molar-refractivity contribution < 1.29 is 9.53 Å². The Hall–Kier alpha value is -2.02. The van der Waals surface area contributed by atoms with Crippen molar-refractivity contribution in [1.29, 1.82) is 5.26 Å². The van der Waals surface area contributed by atoms with Crippen LogP contribution in [0.3, 0.4) is 0 Å². The SMILES string of the molecule is Cc1ccc(OCC(=O)NC(C)(C#N)C(C)C)cc1. The lowest BCUT2D eigenvalue weighted by molar-refractivity contribution is -0.124. The van der Waals surface area contributed by atoms with Gasteiger partial charge in [0.1, 0.15) is 11.3 Å². The molecule has 19 heavy (non-hydrogen) atoms. The monoisotopic (exact) mass is 260 g/mol. The standard InChI is InChI=1S/C15H20N2O2/c1-11(2)15(4,10-16)17-14(18)9-19-13-7-5-12(3)6-8-13/h5-8,11H,9H2,1-4H3,(H,17,18). The molecule has 0 aliphatic rings. The lowest BCUT2D eigenvalue weighted by Gasteiger charge is -2.27. The minimum Gasteiger partial charge on any atom is -0.484 e. The van der Waals surface area contributed by atoms with E-state index >= 15 is 0 Å². The van der Waals surface area contributed by atoms with Crippen molar-refractivity contribution >= 4 is 5.91 Å². The highest BCUT2D eigenvalue weighted by molar-refractivity contribution is 5.78. The zero-order valence-corrected chi connectivity index (χ0v) is 11.9. The van der Waals surface area contributed by atoms with E-state index in [9.17, 15) is 4.79 Å². The van der Waals surface area contributed by atoms with Gasteiger partial charge in [-0.2, -0.15) is 5.26 Å². The molecular formula is C15H20N2O2. The maximum absolute atomic E-state index is 11.8. The Bertz CT molecular complexity index is 474. The number of carbonyl (C=O) groups excluding carboxylic acids is 1. The molecule has 1 aromatic rings. The van der Waals surface area contributed by atoms with Gasteiger partial charge in [-0.05, 0) is 31.9 Å². The highest BCUT2D eigenvalue weighted by atomic mass is 16.5. The van der Waals surface area contributed by atoms with Crippen molar-refractivity contribution in [1.82, 2.24) is 5.32 Å². The van der Waals surface area contributed by atoms with E-state index in [1.54, 1.807) is 6.92 Å². The molecule has 102 valence electrons. The van der Waals surface area contributed by atoms with Crippen LogP contribution < -0.4 is 10.1 Å². The molecule has 0 radical (unpaired) electrons. The predicted molar refractivity (Wildman–Crippen MR) is 73.7 cm³/mol. The van der Waals surface area contributed by atoms with Crippen LogP contribution in [0.2, 0.25) is 0 Å². The van der Waals surface area contributed by atoms with E-state index in [1.807, 2.05) is 45.0 Å². The smallest absolute Gasteiger partial charge is 0.259 e. The lowest BCUT2D eigenvalue weighted by atomic mass is 9.90. The van der Waals surface area contributed by atoms with Crippen LogP contribution in [0.4, 0.5) is 0 Å². The predicted octanol–water partition coefficient (Wildman–Crippen LogP) is 2.43. The molecule has 1 N–H and O–H groups in total. The largest absolute Gasteiger partial charge is 0.484 e. The van der Waals surface area contributed by atoms with Crippen LogP contribution in [0, 0.1) is 24.2 Å². The lowest BCUT2D eigenvalue weighted by Crippen LogP contribution is -2.50. The first-order valence-corrected chi connectivity index (χ1v) is 6.29. The number of rotatable bonds is 5. The number of benzene rings is 1. The molecule has 0 saturated heterocycles. The molecule has 1 unspecified atom stereocenters. The molecule has 1 aromatic carbocycles. The Kier molecular flexibility index (Phi) is 4.94. The van der Waals surface area contributed by atoms with Crippen LogP contribution in [0.5, 0.6) is 5.75 Å². The van der Waals surface area contributed by atoms with Gasteiger partial charge in [-0.15, -0.1) is 0 Å². The van der Waals surface area contributed by atoms with E-state index in [2.05, 4.69) is 11.4 Å². The van der Waals surface area contributed by atoms with E-state index in [0.717, 1.165) is 5.56 Å². The van der Waals surface area contributed by atoms with Crippen LogP contribution in [-0.4, -0.2) is 18.1 Å². The molecule has 0 heterocycles. The van der Waals surface area contributed by atoms with Crippen LogP contribution in [0.25, 0.3) is 0 Å². The van der Waals surface area contributed by atoms with Crippen molar-refractivity contribution in [3.63, 3.8) is 0 Å². The highest BCUT2D eigenvalue weighted by Crippen LogP contribution is 2.15. The fraction of sp³-hybridized carbons (Fsp3) is 0.467.